The van der Waals surface area contributed by atoms with Crippen LogP contribution in [-0.4, -0.2) is 13.1 Å². The van der Waals surface area contributed by atoms with Gasteiger partial charge in [-0.05, 0) is 49.1 Å². The van der Waals surface area contributed by atoms with E-state index in [0.717, 1.165) is 6.54 Å². The van der Waals surface area contributed by atoms with Crippen molar-refractivity contribution in [3.63, 3.8) is 0 Å². The van der Waals surface area contributed by atoms with Crippen LogP contribution in [0.1, 0.15) is 50.2 Å². The molecule has 2 aliphatic rings. The normalized spacial score (nSPS) is 34.3. The number of aryl methyl sites for hydroxylation is 1. The number of benzene rings is 1. The van der Waals surface area contributed by atoms with E-state index in [9.17, 15) is 0 Å². The highest BCUT2D eigenvalue weighted by molar-refractivity contribution is 5.29. The molecule has 1 aromatic carbocycles. The highest BCUT2D eigenvalue weighted by atomic mass is 14.9. The Morgan fingerprint density at radius 3 is 2.33 bits per heavy atom. The molecule has 0 amide bonds. The van der Waals surface area contributed by atoms with Gasteiger partial charge in [0.1, 0.15) is 0 Å². The van der Waals surface area contributed by atoms with E-state index in [1.165, 1.54) is 36.9 Å². The highest BCUT2D eigenvalue weighted by Crippen LogP contribution is 2.65. The maximum absolute atomic E-state index is 3.60. The molecule has 1 N–H and O–H groups in total. The van der Waals surface area contributed by atoms with E-state index in [1.807, 2.05) is 0 Å². The number of rotatable bonds is 2. The topological polar surface area (TPSA) is 12.0 Å². The number of hydrogen-bond donors (Lipinski definition) is 1. The minimum atomic E-state index is 0.480. The Morgan fingerprint density at radius 1 is 1.06 bits per heavy atom. The molecule has 0 spiro atoms. The molecular formula is C17H25N. The molecule has 1 heterocycles. The summed E-state index contributed by atoms with van der Waals surface area (Å²) in [6.45, 7) is 9.54. The zero-order chi connectivity index (χ0) is 12.8. The van der Waals surface area contributed by atoms with E-state index in [-0.39, 0.29) is 0 Å². The van der Waals surface area contributed by atoms with Gasteiger partial charge in [-0.1, -0.05) is 43.7 Å². The van der Waals surface area contributed by atoms with Crippen LogP contribution in [0.5, 0.6) is 0 Å². The number of piperidine rings is 1. The van der Waals surface area contributed by atoms with E-state index < -0.39 is 0 Å². The van der Waals surface area contributed by atoms with Gasteiger partial charge >= 0.3 is 0 Å². The van der Waals surface area contributed by atoms with Gasteiger partial charge in [0.2, 0.25) is 0 Å². The van der Waals surface area contributed by atoms with Crippen LogP contribution in [-0.2, 0) is 0 Å². The number of hydrogen-bond acceptors (Lipinski definition) is 1. The Hall–Kier alpha value is -0.820. The van der Waals surface area contributed by atoms with Crippen molar-refractivity contribution < 1.29 is 0 Å². The third-order valence-electron chi connectivity index (χ3n) is 5.80. The standard InChI is InChI=1S/C17H25N/c1-13-4-6-14(7-5-13)15-12-18-11-10-17(15,3)16(2)8-9-16/h4-7,15,18H,8-12H2,1-3H3. The average Bonchev–Trinajstić information content (AvgIpc) is 3.11. The fraction of sp³-hybridized carbons (Fsp3) is 0.647. The van der Waals surface area contributed by atoms with E-state index in [2.05, 4.69) is 50.4 Å². The summed E-state index contributed by atoms with van der Waals surface area (Å²) in [5.74, 6) is 0.680. The van der Waals surface area contributed by atoms with Crippen LogP contribution < -0.4 is 5.32 Å². The molecule has 1 aromatic rings. The first kappa shape index (κ1) is 12.2. The fourth-order valence-electron chi connectivity index (χ4n) is 3.76. The van der Waals surface area contributed by atoms with Crippen LogP contribution in [0.4, 0.5) is 0 Å². The average molecular weight is 243 g/mol. The van der Waals surface area contributed by atoms with Gasteiger partial charge in [-0.15, -0.1) is 0 Å². The number of nitrogens with one attached hydrogen (secondary N) is 1. The first-order valence-corrected chi connectivity index (χ1v) is 7.32. The van der Waals surface area contributed by atoms with Gasteiger partial charge < -0.3 is 5.32 Å². The van der Waals surface area contributed by atoms with Crippen molar-refractivity contribution in [2.75, 3.05) is 13.1 Å². The Balaban J connectivity index is 1.95. The van der Waals surface area contributed by atoms with Crippen molar-refractivity contribution in [3.05, 3.63) is 35.4 Å². The molecule has 1 saturated heterocycles. The molecule has 0 radical (unpaired) electrons. The SMILES string of the molecule is Cc1ccc(C2CNCCC2(C)C2(C)CC2)cc1. The summed E-state index contributed by atoms with van der Waals surface area (Å²) >= 11 is 0. The van der Waals surface area contributed by atoms with Gasteiger partial charge in [-0.25, -0.2) is 0 Å². The predicted octanol–water partition coefficient (Wildman–Crippen LogP) is 3.88. The lowest BCUT2D eigenvalue weighted by Crippen LogP contribution is -2.46. The van der Waals surface area contributed by atoms with Crippen LogP contribution in [0.25, 0.3) is 0 Å². The van der Waals surface area contributed by atoms with E-state index in [1.54, 1.807) is 0 Å². The minimum absolute atomic E-state index is 0.480. The Bertz CT molecular complexity index is 429. The molecule has 2 unspecified atom stereocenters. The van der Waals surface area contributed by atoms with Crippen molar-refractivity contribution in [1.82, 2.24) is 5.32 Å². The highest BCUT2D eigenvalue weighted by Gasteiger charge is 2.56. The summed E-state index contributed by atoms with van der Waals surface area (Å²) in [4.78, 5) is 0. The molecule has 2 atom stereocenters. The van der Waals surface area contributed by atoms with Gasteiger partial charge in [0, 0.05) is 12.5 Å². The largest absolute Gasteiger partial charge is 0.316 e. The molecule has 0 bridgehead atoms. The summed E-state index contributed by atoms with van der Waals surface area (Å²) in [6, 6.07) is 9.22. The van der Waals surface area contributed by atoms with E-state index in [0.29, 0.717) is 16.7 Å². The second-order valence-corrected chi connectivity index (χ2v) is 6.90. The van der Waals surface area contributed by atoms with Crippen LogP contribution in [0.2, 0.25) is 0 Å². The molecule has 98 valence electrons. The van der Waals surface area contributed by atoms with Crippen LogP contribution in [0.3, 0.4) is 0 Å². The van der Waals surface area contributed by atoms with Crippen molar-refractivity contribution in [2.24, 2.45) is 10.8 Å². The zero-order valence-corrected chi connectivity index (χ0v) is 11.9. The lowest BCUT2D eigenvalue weighted by atomic mass is 9.60. The maximum Gasteiger partial charge on any atom is 0.00256 e. The molecule has 0 aromatic heterocycles. The maximum atomic E-state index is 3.60. The molecule has 1 aliphatic heterocycles. The third-order valence-corrected chi connectivity index (χ3v) is 5.80. The monoisotopic (exact) mass is 243 g/mol. The van der Waals surface area contributed by atoms with Crippen molar-refractivity contribution in [2.45, 2.75) is 46.0 Å². The molecule has 1 nitrogen and oxygen atoms in total. The molecule has 18 heavy (non-hydrogen) atoms. The molecule has 2 fully saturated rings. The van der Waals surface area contributed by atoms with Crippen molar-refractivity contribution in [1.29, 1.82) is 0 Å². The quantitative estimate of drug-likeness (QED) is 0.831. The van der Waals surface area contributed by atoms with Gasteiger partial charge in [-0.2, -0.15) is 0 Å². The summed E-state index contributed by atoms with van der Waals surface area (Å²) in [5, 5.41) is 3.60. The summed E-state index contributed by atoms with van der Waals surface area (Å²) in [6.07, 6.45) is 4.17. The first-order chi connectivity index (χ1) is 8.55. The van der Waals surface area contributed by atoms with Gasteiger partial charge in [0.15, 0.2) is 0 Å². The minimum Gasteiger partial charge on any atom is -0.316 e. The Labute approximate surface area is 111 Å². The van der Waals surface area contributed by atoms with Crippen LogP contribution >= 0.6 is 0 Å². The lowest BCUT2D eigenvalue weighted by Gasteiger charge is -2.47. The molecule has 3 rings (SSSR count). The van der Waals surface area contributed by atoms with E-state index >= 15 is 0 Å². The Morgan fingerprint density at radius 2 is 1.72 bits per heavy atom. The van der Waals surface area contributed by atoms with E-state index in [4.69, 9.17) is 0 Å². The summed E-state index contributed by atoms with van der Waals surface area (Å²) in [7, 11) is 0. The molecule has 1 aliphatic carbocycles. The summed E-state index contributed by atoms with van der Waals surface area (Å²) < 4.78 is 0. The van der Waals surface area contributed by atoms with Crippen LogP contribution in [0.15, 0.2) is 24.3 Å². The third kappa shape index (κ3) is 1.80. The smallest absolute Gasteiger partial charge is 0.00256 e. The molecule has 1 saturated carbocycles. The molecular weight excluding hydrogens is 218 g/mol. The second-order valence-electron chi connectivity index (χ2n) is 6.90. The van der Waals surface area contributed by atoms with Gasteiger partial charge in [0.05, 0.1) is 0 Å². The zero-order valence-electron chi connectivity index (χ0n) is 11.9. The van der Waals surface area contributed by atoms with Crippen molar-refractivity contribution in [3.8, 4) is 0 Å². The molecule has 1 heteroatoms. The second kappa shape index (κ2) is 4.09. The summed E-state index contributed by atoms with van der Waals surface area (Å²) in [5.41, 5.74) is 3.96. The lowest BCUT2D eigenvalue weighted by molar-refractivity contribution is 0.0912. The van der Waals surface area contributed by atoms with Crippen LogP contribution in [0, 0.1) is 17.8 Å². The predicted molar refractivity (Wildman–Crippen MR) is 76.9 cm³/mol. The fourth-order valence-corrected chi connectivity index (χ4v) is 3.76. The Kier molecular flexibility index (Phi) is 2.78. The van der Waals surface area contributed by atoms with Gasteiger partial charge in [-0.3, -0.25) is 0 Å². The first-order valence-electron chi connectivity index (χ1n) is 7.32. The van der Waals surface area contributed by atoms with Gasteiger partial charge in [0.25, 0.3) is 0 Å². The van der Waals surface area contributed by atoms with Crippen molar-refractivity contribution >= 4 is 0 Å².